The van der Waals surface area contributed by atoms with E-state index in [9.17, 15) is 14.4 Å². The Morgan fingerprint density at radius 2 is 1.79 bits per heavy atom. The van der Waals surface area contributed by atoms with Crippen molar-refractivity contribution in [3.8, 4) is 5.75 Å². The van der Waals surface area contributed by atoms with Gasteiger partial charge in [0.2, 0.25) is 0 Å². The number of aryl methyl sites for hydroxylation is 1. The summed E-state index contributed by atoms with van der Waals surface area (Å²) in [6.07, 6.45) is 0. The van der Waals surface area contributed by atoms with Crippen LogP contribution in [-0.2, 0) is 16.6 Å². The highest BCUT2D eigenvalue weighted by molar-refractivity contribution is 6.01. The molecule has 1 N–H and O–H groups in total. The van der Waals surface area contributed by atoms with Crippen LogP contribution in [0.5, 0.6) is 5.75 Å². The first kappa shape index (κ1) is 19.2. The van der Waals surface area contributed by atoms with Crippen molar-refractivity contribution in [3.05, 3.63) is 70.5 Å². The van der Waals surface area contributed by atoms with Gasteiger partial charge in [-0.15, -0.1) is 0 Å². The van der Waals surface area contributed by atoms with E-state index in [0.717, 1.165) is 5.39 Å². The molecular weight excluding hydrogens is 360 g/mol. The van der Waals surface area contributed by atoms with Crippen LogP contribution in [0.1, 0.15) is 17.3 Å². The number of nitrogens with one attached hydrogen (secondary N) is 1. The Hall–Kier alpha value is -3.61. The number of benzene rings is 2. The second-order valence-corrected chi connectivity index (χ2v) is 6.03. The largest absolute Gasteiger partial charge is 0.483 e. The van der Waals surface area contributed by atoms with Gasteiger partial charge in [-0.25, -0.2) is 4.79 Å². The van der Waals surface area contributed by atoms with E-state index < -0.39 is 11.9 Å². The van der Waals surface area contributed by atoms with E-state index in [1.54, 1.807) is 44.3 Å². The highest BCUT2D eigenvalue weighted by Crippen LogP contribution is 2.23. The molecule has 0 aliphatic rings. The maximum Gasteiger partial charge on any atom is 0.340 e. The third-order valence-electron chi connectivity index (χ3n) is 4.17. The third kappa shape index (κ3) is 4.03. The summed E-state index contributed by atoms with van der Waals surface area (Å²) in [6, 6.07) is 15.2. The minimum Gasteiger partial charge on any atom is -0.483 e. The molecule has 0 aliphatic heterocycles. The van der Waals surface area contributed by atoms with E-state index in [4.69, 9.17) is 9.47 Å². The molecule has 1 aromatic heterocycles. The molecular formula is C21H20N2O5. The maximum atomic E-state index is 12.3. The van der Waals surface area contributed by atoms with Crippen LogP contribution in [-0.4, -0.2) is 29.7 Å². The molecule has 1 heterocycles. The van der Waals surface area contributed by atoms with Gasteiger partial charge in [-0.05, 0) is 31.2 Å². The average molecular weight is 380 g/mol. The number of hydrogen-bond acceptors (Lipinski definition) is 5. The lowest BCUT2D eigenvalue weighted by Gasteiger charge is -2.13. The molecule has 3 aromatic rings. The van der Waals surface area contributed by atoms with Crippen molar-refractivity contribution in [1.29, 1.82) is 0 Å². The molecule has 0 radical (unpaired) electrons. The van der Waals surface area contributed by atoms with E-state index in [0.29, 0.717) is 17.0 Å². The van der Waals surface area contributed by atoms with Gasteiger partial charge in [0.15, 0.2) is 6.61 Å². The SMILES string of the molecule is CCOC(=O)c1ccccc1NC(=O)COc1cc(=O)n(C)c2ccccc12. The number of pyridine rings is 1. The molecule has 0 fully saturated rings. The summed E-state index contributed by atoms with van der Waals surface area (Å²) in [7, 11) is 1.67. The van der Waals surface area contributed by atoms with E-state index in [2.05, 4.69) is 5.32 Å². The topological polar surface area (TPSA) is 86.6 Å². The van der Waals surface area contributed by atoms with Crippen molar-refractivity contribution in [1.82, 2.24) is 4.57 Å². The fourth-order valence-corrected chi connectivity index (χ4v) is 2.81. The highest BCUT2D eigenvalue weighted by Gasteiger charge is 2.15. The molecule has 0 atom stereocenters. The van der Waals surface area contributed by atoms with Crippen molar-refractivity contribution in [2.45, 2.75) is 6.92 Å². The summed E-state index contributed by atoms with van der Waals surface area (Å²) >= 11 is 0. The lowest BCUT2D eigenvalue weighted by atomic mass is 10.2. The molecule has 0 saturated carbocycles. The van der Waals surface area contributed by atoms with Gasteiger partial charge in [0.05, 0.1) is 23.4 Å². The van der Waals surface area contributed by atoms with E-state index in [-0.39, 0.29) is 24.3 Å². The van der Waals surface area contributed by atoms with E-state index in [1.807, 2.05) is 18.2 Å². The minimum atomic E-state index is -0.517. The Labute approximate surface area is 161 Å². The molecule has 0 bridgehead atoms. The number of carbonyl (C=O) groups excluding carboxylic acids is 2. The van der Waals surface area contributed by atoms with Gasteiger partial charge >= 0.3 is 5.97 Å². The average Bonchev–Trinajstić information content (AvgIpc) is 2.70. The fourth-order valence-electron chi connectivity index (χ4n) is 2.81. The van der Waals surface area contributed by atoms with Crippen LogP contribution < -0.4 is 15.6 Å². The van der Waals surface area contributed by atoms with Crippen LogP contribution >= 0.6 is 0 Å². The third-order valence-corrected chi connectivity index (χ3v) is 4.17. The highest BCUT2D eigenvalue weighted by atomic mass is 16.5. The summed E-state index contributed by atoms with van der Waals surface area (Å²) < 4.78 is 12.1. The normalized spacial score (nSPS) is 10.5. The summed E-state index contributed by atoms with van der Waals surface area (Å²) in [5.74, 6) is -0.647. The van der Waals surface area contributed by atoms with E-state index >= 15 is 0 Å². The van der Waals surface area contributed by atoms with Crippen molar-refractivity contribution in [3.63, 3.8) is 0 Å². The van der Waals surface area contributed by atoms with Crippen molar-refractivity contribution in [2.24, 2.45) is 7.05 Å². The van der Waals surface area contributed by atoms with Crippen molar-refractivity contribution >= 4 is 28.5 Å². The minimum absolute atomic E-state index is 0.234. The zero-order chi connectivity index (χ0) is 20.1. The zero-order valence-electron chi connectivity index (χ0n) is 15.6. The molecule has 0 saturated heterocycles. The number of ether oxygens (including phenoxy) is 2. The number of fused-ring (bicyclic) bond motifs is 1. The molecule has 7 heteroatoms. The second-order valence-electron chi connectivity index (χ2n) is 6.03. The predicted octanol–water partition coefficient (Wildman–Crippen LogP) is 2.73. The first-order valence-electron chi connectivity index (χ1n) is 8.79. The number of hydrogen-bond donors (Lipinski definition) is 1. The number of anilines is 1. The van der Waals surface area contributed by atoms with Gasteiger partial charge in [-0.3, -0.25) is 9.59 Å². The van der Waals surface area contributed by atoms with Crippen LogP contribution in [0.25, 0.3) is 10.9 Å². The Morgan fingerprint density at radius 1 is 1.07 bits per heavy atom. The number of aromatic nitrogens is 1. The molecule has 0 unspecified atom stereocenters. The summed E-state index contributed by atoms with van der Waals surface area (Å²) in [5.41, 5.74) is 1.07. The van der Waals surface area contributed by atoms with Gasteiger partial charge in [0, 0.05) is 18.5 Å². The van der Waals surface area contributed by atoms with Crippen molar-refractivity contribution < 1.29 is 19.1 Å². The van der Waals surface area contributed by atoms with Crippen LogP contribution in [0.15, 0.2) is 59.4 Å². The Balaban J connectivity index is 1.76. The first-order valence-corrected chi connectivity index (χ1v) is 8.79. The molecule has 2 aromatic carbocycles. The molecule has 0 aliphatic carbocycles. The summed E-state index contributed by atoms with van der Waals surface area (Å²) in [6.45, 7) is 1.63. The van der Waals surface area contributed by atoms with Gasteiger partial charge in [-0.2, -0.15) is 0 Å². The Bertz CT molecular complexity index is 1090. The van der Waals surface area contributed by atoms with Crippen LogP contribution in [0.4, 0.5) is 5.69 Å². The Morgan fingerprint density at radius 3 is 2.57 bits per heavy atom. The molecule has 144 valence electrons. The van der Waals surface area contributed by atoms with Crippen LogP contribution in [0.2, 0.25) is 0 Å². The monoisotopic (exact) mass is 380 g/mol. The molecule has 0 spiro atoms. The van der Waals surface area contributed by atoms with Gasteiger partial charge in [0.25, 0.3) is 11.5 Å². The van der Waals surface area contributed by atoms with Gasteiger partial charge < -0.3 is 19.4 Å². The molecule has 28 heavy (non-hydrogen) atoms. The Kier molecular flexibility index (Phi) is 5.74. The summed E-state index contributed by atoms with van der Waals surface area (Å²) in [5, 5.41) is 3.37. The zero-order valence-corrected chi connectivity index (χ0v) is 15.6. The number of rotatable bonds is 6. The van der Waals surface area contributed by atoms with Crippen LogP contribution in [0, 0.1) is 0 Å². The molecule has 7 nitrogen and oxygen atoms in total. The van der Waals surface area contributed by atoms with E-state index in [1.165, 1.54) is 10.6 Å². The van der Waals surface area contributed by atoms with Gasteiger partial charge in [-0.1, -0.05) is 24.3 Å². The maximum absolute atomic E-state index is 12.3. The number of para-hydroxylation sites is 2. The second kappa shape index (κ2) is 8.39. The lowest BCUT2D eigenvalue weighted by molar-refractivity contribution is -0.118. The summed E-state index contributed by atoms with van der Waals surface area (Å²) in [4.78, 5) is 36.4. The standard InChI is InChI=1S/C21H20N2O5/c1-3-27-21(26)14-8-4-6-10-16(14)22-19(24)13-28-18-12-20(25)23(2)17-11-7-5-9-15(17)18/h4-12H,3,13H2,1-2H3,(H,22,24). The quantitative estimate of drug-likeness (QED) is 0.665. The van der Waals surface area contributed by atoms with Gasteiger partial charge in [0.1, 0.15) is 5.75 Å². The lowest BCUT2D eigenvalue weighted by Crippen LogP contribution is -2.23. The molecule has 3 rings (SSSR count). The smallest absolute Gasteiger partial charge is 0.340 e. The fraction of sp³-hybridized carbons (Fsp3) is 0.190. The predicted molar refractivity (Wildman–Crippen MR) is 106 cm³/mol. The molecule has 1 amide bonds. The van der Waals surface area contributed by atoms with Crippen LogP contribution in [0.3, 0.4) is 0 Å². The number of carbonyl (C=O) groups is 2. The number of amides is 1. The van der Waals surface area contributed by atoms with Crippen molar-refractivity contribution in [2.75, 3.05) is 18.5 Å². The number of nitrogens with zero attached hydrogens (tertiary/aromatic N) is 1. The first-order chi connectivity index (χ1) is 13.5. The number of esters is 1.